The Balaban J connectivity index is 1.81. The van der Waals surface area contributed by atoms with Crippen molar-refractivity contribution in [1.82, 2.24) is 9.55 Å². The summed E-state index contributed by atoms with van der Waals surface area (Å²) < 4.78 is 12.6. The first-order chi connectivity index (χ1) is 8.83. The van der Waals surface area contributed by atoms with Crippen molar-refractivity contribution in [2.45, 2.75) is 6.54 Å². The first-order valence-corrected chi connectivity index (χ1v) is 5.71. The van der Waals surface area contributed by atoms with Crippen LogP contribution in [-0.4, -0.2) is 28.5 Å². The Bertz CT molecular complexity index is 564. The summed E-state index contributed by atoms with van der Waals surface area (Å²) in [5, 5.41) is 0. The molecule has 0 unspecified atom stereocenters. The number of aromatic nitrogens is 2. The van der Waals surface area contributed by atoms with Gasteiger partial charge >= 0.3 is 0 Å². The van der Waals surface area contributed by atoms with Gasteiger partial charge in [-0.05, 0) is 18.2 Å². The Labute approximate surface area is 104 Å². The molecular formula is C13H12N2O3. The Kier molecular flexibility index (Phi) is 2.72. The molecule has 0 spiro atoms. The highest BCUT2D eigenvalue weighted by molar-refractivity contribution is 5.96. The van der Waals surface area contributed by atoms with Gasteiger partial charge in [-0.3, -0.25) is 4.79 Å². The van der Waals surface area contributed by atoms with Gasteiger partial charge in [0.1, 0.15) is 13.2 Å². The van der Waals surface area contributed by atoms with Gasteiger partial charge in [0.2, 0.25) is 0 Å². The van der Waals surface area contributed by atoms with Gasteiger partial charge < -0.3 is 14.0 Å². The quantitative estimate of drug-likeness (QED) is 0.768. The van der Waals surface area contributed by atoms with Gasteiger partial charge in [0, 0.05) is 18.0 Å². The summed E-state index contributed by atoms with van der Waals surface area (Å²) in [4.78, 5) is 16.0. The van der Waals surface area contributed by atoms with Crippen molar-refractivity contribution >= 4 is 5.78 Å². The molecule has 92 valence electrons. The molecule has 0 aliphatic carbocycles. The van der Waals surface area contributed by atoms with E-state index < -0.39 is 0 Å². The SMILES string of the molecule is O=C(Cn1ccnc1)c1ccc2c(c1)OCCO2. The Morgan fingerprint density at radius 2 is 2.11 bits per heavy atom. The summed E-state index contributed by atoms with van der Waals surface area (Å²) in [6.07, 6.45) is 5.03. The molecule has 2 heterocycles. The fourth-order valence-corrected chi connectivity index (χ4v) is 1.85. The predicted octanol–water partition coefficient (Wildman–Crippen LogP) is 1.54. The van der Waals surface area contributed by atoms with E-state index in [1.807, 2.05) is 0 Å². The maximum Gasteiger partial charge on any atom is 0.182 e. The molecule has 0 saturated heterocycles. The lowest BCUT2D eigenvalue weighted by Crippen LogP contribution is -2.16. The Morgan fingerprint density at radius 3 is 2.89 bits per heavy atom. The molecule has 0 radical (unpaired) electrons. The molecule has 1 aliphatic rings. The van der Waals surface area contributed by atoms with Gasteiger partial charge in [-0.25, -0.2) is 4.98 Å². The van der Waals surface area contributed by atoms with E-state index in [1.54, 1.807) is 41.5 Å². The minimum Gasteiger partial charge on any atom is -0.486 e. The van der Waals surface area contributed by atoms with Crippen LogP contribution in [0.15, 0.2) is 36.9 Å². The average Bonchev–Trinajstić information content (AvgIpc) is 2.91. The molecule has 1 aliphatic heterocycles. The minimum absolute atomic E-state index is 0.0185. The molecule has 1 aromatic heterocycles. The average molecular weight is 244 g/mol. The third kappa shape index (κ3) is 2.07. The second-order valence-electron chi connectivity index (χ2n) is 4.02. The van der Waals surface area contributed by atoms with Crippen LogP contribution < -0.4 is 9.47 Å². The van der Waals surface area contributed by atoms with Crippen LogP contribution in [0.25, 0.3) is 0 Å². The van der Waals surface area contributed by atoms with Crippen LogP contribution in [0.1, 0.15) is 10.4 Å². The fraction of sp³-hybridized carbons (Fsp3) is 0.231. The molecule has 18 heavy (non-hydrogen) atoms. The number of ketones is 1. The van der Waals surface area contributed by atoms with Crippen LogP contribution in [-0.2, 0) is 6.54 Å². The number of benzene rings is 1. The highest BCUT2D eigenvalue weighted by Crippen LogP contribution is 2.30. The number of rotatable bonds is 3. The molecule has 0 N–H and O–H groups in total. The van der Waals surface area contributed by atoms with Crippen LogP contribution in [0.5, 0.6) is 11.5 Å². The van der Waals surface area contributed by atoms with Crippen molar-refractivity contribution in [3.63, 3.8) is 0 Å². The number of fused-ring (bicyclic) bond motifs is 1. The van der Waals surface area contributed by atoms with Gasteiger partial charge in [-0.2, -0.15) is 0 Å². The minimum atomic E-state index is 0.0185. The number of ether oxygens (including phenoxy) is 2. The lowest BCUT2D eigenvalue weighted by atomic mass is 10.1. The highest BCUT2D eigenvalue weighted by atomic mass is 16.6. The van der Waals surface area contributed by atoms with Crippen molar-refractivity contribution in [3.8, 4) is 11.5 Å². The van der Waals surface area contributed by atoms with Crippen LogP contribution in [0.2, 0.25) is 0 Å². The lowest BCUT2D eigenvalue weighted by Gasteiger charge is -2.18. The number of hydrogen-bond donors (Lipinski definition) is 0. The van der Waals surface area contributed by atoms with E-state index >= 15 is 0 Å². The molecule has 5 heteroatoms. The normalized spacial score (nSPS) is 13.3. The molecule has 3 rings (SSSR count). The number of carbonyl (C=O) groups is 1. The van der Waals surface area contributed by atoms with E-state index in [0.717, 1.165) is 0 Å². The smallest absolute Gasteiger partial charge is 0.182 e. The maximum absolute atomic E-state index is 12.1. The summed E-state index contributed by atoms with van der Waals surface area (Å²) in [6.45, 7) is 1.35. The summed E-state index contributed by atoms with van der Waals surface area (Å²) in [6, 6.07) is 5.26. The molecular weight excluding hydrogens is 232 g/mol. The van der Waals surface area contributed by atoms with E-state index in [-0.39, 0.29) is 12.3 Å². The predicted molar refractivity (Wildman–Crippen MR) is 64.0 cm³/mol. The van der Waals surface area contributed by atoms with E-state index in [4.69, 9.17) is 9.47 Å². The number of hydrogen-bond acceptors (Lipinski definition) is 4. The first-order valence-electron chi connectivity index (χ1n) is 5.71. The lowest BCUT2D eigenvalue weighted by molar-refractivity contribution is 0.0971. The first kappa shape index (κ1) is 10.8. The topological polar surface area (TPSA) is 53.4 Å². The number of imidazole rings is 1. The Hall–Kier alpha value is -2.30. The monoisotopic (exact) mass is 244 g/mol. The zero-order chi connectivity index (χ0) is 12.4. The second kappa shape index (κ2) is 4.52. The van der Waals surface area contributed by atoms with E-state index in [9.17, 15) is 4.79 Å². The molecule has 1 aromatic carbocycles. The number of Topliss-reactive ketones (excluding diaryl/α,β-unsaturated/α-hetero) is 1. The fourth-order valence-electron chi connectivity index (χ4n) is 1.85. The largest absolute Gasteiger partial charge is 0.486 e. The van der Waals surface area contributed by atoms with Gasteiger partial charge in [0.15, 0.2) is 17.3 Å². The summed E-state index contributed by atoms with van der Waals surface area (Å²) in [5.41, 5.74) is 0.618. The zero-order valence-electron chi connectivity index (χ0n) is 9.70. The maximum atomic E-state index is 12.1. The van der Waals surface area contributed by atoms with Crippen LogP contribution in [0, 0.1) is 0 Å². The zero-order valence-corrected chi connectivity index (χ0v) is 9.70. The molecule has 0 saturated carbocycles. The summed E-state index contributed by atoms with van der Waals surface area (Å²) >= 11 is 0. The third-order valence-electron chi connectivity index (χ3n) is 2.75. The van der Waals surface area contributed by atoms with Crippen molar-refractivity contribution in [2.75, 3.05) is 13.2 Å². The molecule has 0 bridgehead atoms. The summed E-state index contributed by atoms with van der Waals surface area (Å²) in [7, 11) is 0. The van der Waals surface area contributed by atoms with Crippen LogP contribution in [0.3, 0.4) is 0 Å². The standard InChI is InChI=1S/C13H12N2O3/c16-11(8-15-4-3-14-9-15)10-1-2-12-13(7-10)18-6-5-17-12/h1-4,7,9H,5-6,8H2. The molecule has 0 amide bonds. The number of carbonyl (C=O) groups excluding carboxylic acids is 1. The van der Waals surface area contributed by atoms with E-state index in [1.165, 1.54) is 0 Å². The van der Waals surface area contributed by atoms with Crippen LogP contribution >= 0.6 is 0 Å². The van der Waals surface area contributed by atoms with Crippen molar-refractivity contribution in [1.29, 1.82) is 0 Å². The second-order valence-corrected chi connectivity index (χ2v) is 4.02. The Morgan fingerprint density at radius 1 is 1.28 bits per heavy atom. The summed E-state index contributed by atoms with van der Waals surface area (Å²) in [5.74, 6) is 1.35. The van der Waals surface area contributed by atoms with Gasteiger partial charge in [-0.15, -0.1) is 0 Å². The van der Waals surface area contributed by atoms with Crippen molar-refractivity contribution < 1.29 is 14.3 Å². The van der Waals surface area contributed by atoms with Gasteiger partial charge in [-0.1, -0.05) is 0 Å². The number of nitrogens with zero attached hydrogens (tertiary/aromatic N) is 2. The van der Waals surface area contributed by atoms with Crippen molar-refractivity contribution in [3.05, 3.63) is 42.5 Å². The molecule has 0 atom stereocenters. The molecule has 0 fully saturated rings. The van der Waals surface area contributed by atoms with Gasteiger partial charge in [0.05, 0.1) is 12.9 Å². The third-order valence-corrected chi connectivity index (χ3v) is 2.75. The highest BCUT2D eigenvalue weighted by Gasteiger charge is 2.14. The van der Waals surface area contributed by atoms with Crippen molar-refractivity contribution in [2.24, 2.45) is 0 Å². The van der Waals surface area contributed by atoms with Crippen LogP contribution in [0.4, 0.5) is 0 Å². The van der Waals surface area contributed by atoms with E-state index in [2.05, 4.69) is 4.98 Å². The van der Waals surface area contributed by atoms with E-state index in [0.29, 0.717) is 30.3 Å². The molecule has 2 aromatic rings. The van der Waals surface area contributed by atoms with Gasteiger partial charge in [0.25, 0.3) is 0 Å². The molecule has 5 nitrogen and oxygen atoms in total.